The minimum absolute atomic E-state index is 0.147. The lowest BCUT2D eigenvalue weighted by Crippen LogP contribution is -2.30. The van der Waals surface area contributed by atoms with Crippen LogP contribution in [0.25, 0.3) is 39.2 Å². The SMILES string of the molecule is CNCCNS(=O)(=O)c1ccc(-c2nc(-n3cc(-c4ccc([S+]=O)cc4)cn3)nc3cc(OC)c(OC)cc23)cc1. The van der Waals surface area contributed by atoms with E-state index in [0.717, 1.165) is 11.1 Å². The summed E-state index contributed by atoms with van der Waals surface area (Å²) >= 11 is 0.438. The number of sulfonamides is 1. The van der Waals surface area contributed by atoms with Crippen molar-refractivity contribution in [1.29, 1.82) is 0 Å². The van der Waals surface area contributed by atoms with Crippen molar-refractivity contribution in [3.63, 3.8) is 0 Å². The molecule has 0 atom stereocenters. The van der Waals surface area contributed by atoms with Gasteiger partial charge in [0.2, 0.25) is 10.0 Å². The smallest absolute Gasteiger partial charge is 0.493 e. The van der Waals surface area contributed by atoms with Crippen molar-refractivity contribution in [2.75, 3.05) is 34.4 Å². The second-order valence-corrected chi connectivity index (χ2v) is 11.3. The van der Waals surface area contributed by atoms with Gasteiger partial charge in [0, 0.05) is 58.2 Å². The van der Waals surface area contributed by atoms with Gasteiger partial charge in [0.25, 0.3) is 10.8 Å². The fraction of sp³-hybridized carbons (Fsp3) is 0.179. The van der Waals surface area contributed by atoms with Crippen LogP contribution >= 0.6 is 0 Å². The molecule has 0 saturated heterocycles. The quantitative estimate of drug-likeness (QED) is 0.175. The molecule has 0 amide bonds. The Balaban J connectivity index is 1.60. The van der Waals surface area contributed by atoms with Gasteiger partial charge in [-0.3, -0.25) is 0 Å². The Morgan fingerprint density at radius 1 is 0.878 bits per heavy atom. The standard InChI is InChI=1S/C28H27N6O5S2/c1-29-12-13-31-41(36,37)22-10-6-19(7-11-22)27-23-14-25(38-2)26(39-3)15-24(23)32-28(33-27)34-17-20(16-30-34)18-4-8-21(40-35)9-5-18/h4-11,14-17,29,31H,12-13H2,1-3H3/q+1. The molecular weight excluding hydrogens is 564 g/mol. The molecule has 2 aromatic heterocycles. The first kappa shape index (κ1) is 28.2. The van der Waals surface area contributed by atoms with E-state index >= 15 is 0 Å². The molecule has 2 N–H and O–H groups in total. The number of nitrogens with one attached hydrogen (secondary N) is 2. The fourth-order valence-corrected chi connectivity index (χ4v) is 5.51. The van der Waals surface area contributed by atoms with E-state index in [2.05, 4.69) is 15.1 Å². The molecule has 0 aliphatic rings. The number of benzene rings is 3. The predicted molar refractivity (Wildman–Crippen MR) is 156 cm³/mol. The summed E-state index contributed by atoms with van der Waals surface area (Å²) in [5.74, 6) is 1.32. The molecule has 11 nitrogen and oxygen atoms in total. The van der Waals surface area contributed by atoms with Gasteiger partial charge < -0.3 is 14.8 Å². The summed E-state index contributed by atoms with van der Waals surface area (Å²) in [7, 11) is 1.19. The highest BCUT2D eigenvalue weighted by Gasteiger charge is 2.18. The number of aromatic nitrogens is 4. The molecule has 0 bridgehead atoms. The maximum absolute atomic E-state index is 12.7. The van der Waals surface area contributed by atoms with Crippen molar-refractivity contribution >= 4 is 32.6 Å². The lowest BCUT2D eigenvalue weighted by Gasteiger charge is -2.13. The van der Waals surface area contributed by atoms with Crippen LogP contribution in [0, 0.1) is 0 Å². The number of rotatable bonds is 11. The Hall–Kier alpha value is -4.30. The van der Waals surface area contributed by atoms with Crippen molar-refractivity contribution in [3.05, 3.63) is 73.1 Å². The van der Waals surface area contributed by atoms with Crippen LogP contribution < -0.4 is 19.5 Å². The fourth-order valence-electron chi connectivity index (χ4n) is 4.24. The summed E-state index contributed by atoms with van der Waals surface area (Å²) in [5, 5.41) is 8.08. The van der Waals surface area contributed by atoms with E-state index in [9.17, 15) is 12.6 Å². The molecule has 5 aromatic rings. The number of methoxy groups -OCH3 is 2. The van der Waals surface area contributed by atoms with Crippen molar-refractivity contribution < 1.29 is 22.1 Å². The third-order valence-corrected chi connectivity index (χ3v) is 8.31. The Morgan fingerprint density at radius 3 is 2.22 bits per heavy atom. The molecule has 0 saturated carbocycles. The largest absolute Gasteiger partial charge is 0.505 e. The molecule has 0 unspecified atom stereocenters. The van der Waals surface area contributed by atoms with Crippen LogP contribution in [-0.4, -0.2) is 62.5 Å². The van der Waals surface area contributed by atoms with E-state index in [0.29, 0.717) is 62.7 Å². The first-order chi connectivity index (χ1) is 19.9. The number of nitrogens with zero attached hydrogens (tertiary/aromatic N) is 4. The Morgan fingerprint density at radius 2 is 1.56 bits per heavy atom. The third-order valence-electron chi connectivity index (χ3n) is 6.37. The van der Waals surface area contributed by atoms with Gasteiger partial charge in [-0.1, -0.05) is 12.1 Å². The highest BCUT2D eigenvalue weighted by Crippen LogP contribution is 2.36. The molecule has 5 rings (SSSR count). The maximum atomic E-state index is 12.7. The number of ether oxygens (including phenoxy) is 2. The first-order valence-electron chi connectivity index (χ1n) is 12.5. The summed E-state index contributed by atoms with van der Waals surface area (Å²) in [4.78, 5) is 10.4. The maximum Gasteiger partial charge on any atom is 0.505 e. The summed E-state index contributed by atoms with van der Waals surface area (Å²) in [6.45, 7) is 0.785. The molecule has 210 valence electrons. The van der Waals surface area contributed by atoms with Crippen LogP contribution in [0.2, 0.25) is 0 Å². The van der Waals surface area contributed by atoms with E-state index in [1.165, 1.54) is 0 Å². The van der Waals surface area contributed by atoms with Gasteiger partial charge in [-0.15, -0.1) is 0 Å². The van der Waals surface area contributed by atoms with Gasteiger partial charge in [-0.2, -0.15) is 5.10 Å². The summed E-state index contributed by atoms with van der Waals surface area (Å²) in [6.07, 6.45) is 3.50. The molecule has 2 heterocycles. The number of hydrogen-bond donors (Lipinski definition) is 2. The second kappa shape index (κ2) is 12.1. The van der Waals surface area contributed by atoms with Crippen LogP contribution in [0.1, 0.15) is 0 Å². The molecule has 0 aliphatic heterocycles. The number of fused-ring (bicyclic) bond motifs is 1. The Kier molecular flexibility index (Phi) is 8.31. The van der Waals surface area contributed by atoms with Crippen LogP contribution in [-0.2, 0) is 25.9 Å². The van der Waals surface area contributed by atoms with Crippen LogP contribution in [0.15, 0.2) is 82.8 Å². The molecule has 3 aromatic carbocycles. The lowest BCUT2D eigenvalue weighted by atomic mass is 10.1. The molecule has 41 heavy (non-hydrogen) atoms. The normalized spacial score (nSPS) is 11.5. The Bertz CT molecular complexity index is 1810. The highest BCUT2D eigenvalue weighted by molar-refractivity contribution is 7.89. The monoisotopic (exact) mass is 591 g/mol. The summed E-state index contributed by atoms with van der Waals surface area (Å²) < 4.78 is 51.6. The van der Waals surface area contributed by atoms with Crippen LogP contribution in [0.3, 0.4) is 0 Å². The van der Waals surface area contributed by atoms with Crippen LogP contribution in [0.4, 0.5) is 0 Å². The summed E-state index contributed by atoms with van der Waals surface area (Å²) in [6, 6.07) is 17.3. The van der Waals surface area contributed by atoms with Gasteiger partial charge in [0.15, 0.2) is 11.5 Å². The highest BCUT2D eigenvalue weighted by atomic mass is 32.2. The molecule has 0 fully saturated rings. The van der Waals surface area contributed by atoms with E-state index in [1.807, 2.05) is 12.1 Å². The van der Waals surface area contributed by atoms with Crippen molar-refractivity contribution in [1.82, 2.24) is 29.8 Å². The molecule has 0 radical (unpaired) electrons. The molecular formula is C28H27N6O5S2+. The van der Waals surface area contributed by atoms with Gasteiger partial charge >= 0.3 is 11.7 Å². The Labute approximate surface area is 241 Å². The third kappa shape index (κ3) is 5.93. The van der Waals surface area contributed by atoms with Crippen molar-refractivity contribution in [3.8, 4) is 39.8 Å². The zero-order valence-corrected chi connectivity index (χ0v) is 24.1. The average Bonchev–Trinajstić information content (AvgIpc) is 3.50. The van der Waals surface area contributed by atoms with Crippen molar-refractivity contribution in [2.24, 2.45) is 0 Å². The lowest BCUT2D eigenvalue weighted by molar-refractivity contribution is 0.356. The minimum Gasteiger partial charge on any atom is -0.493 e. The zero-order valence-electron chi connectivity index (χ0n) is 22.5. The number of likely N-dealkylation sites (N-methyl/N-ethyl adjacent to an activating group) is 1. The van der Waals surface area contributed by atoms with Gasteiger partial charge in [-0.05, 0) is 42.9 Å². The van der Waals surface area contributed by atoms with Crippen LogP contribution in [0.5, 0.6) is 11.5 Å². The topological polar surface area (TPSA) is 137 Å². The molecule has 0 spiro atoms. The summed E-state index contributed by atoms with van der Waals surface area (Å²) in [5.41, 5.74) is 3.54. The number of hydrogen-bond acceptors (Lipinski definition) is 9. The average molecular weight is 592 g/mol. The van der Waals surface area contributed by atoms with E-state index in [4.69, 9.17) is 19.4 Å². The molecule has 0 aliphatic carbocycles. The van der Waals surface area contributed by atoms with Crippen molar-refractivity contribution in [2.45, 2.75) is 9.79 Å². The molecule has 13 heteroatoms. The second-order valence-electron chi connectivity index (χ2n) is 8.90. The van der Waals surface area contributed by atoms with E-state index in [-0.39, 0.29) is 11.4 Å². The van der Waals surface area contributed by atoms with E-state index in [1.54, 1.807) is 86.9 Å². The van der Waals surface area contributed by atoms with Gasteiger partial charge in [-0.25, -0.2) is 27.8 Å². The first-order valence-corrected chi connectivity index (χ1v) is 14.7. The minimum atomic E-state index is -3.66. The van der Waals surface area contributed by atoms with Gasteiger partial charge in [0.1, 0.15) is 0 Å². The zero-order chi connectivity index (χ0) is 29.0. The van der Waals surface area contributed by atoms with Gasteiger partial charge in [0.05, 0.1) is 36.5 Å². The van der Waals surface area contributed by atoms with E-state index < -0.39 is 10.0 Å². The predicted octanol–water partition coefficient (Wildman–Crippen LogP) is 3.45.